The first kappa shape index (κ1) is 31.3. The van der Waals surface area contributed by atoms with Crippen LogP contribution >= 0.6 is 0 Å². The minimum atomic E-state index is -0.504. The number of oxime groups is 1. The summed E-state index contributed by atoms with van der Waals surface area (Å²) in [6, 6.07) is 0. The fourth-order valence-electron chi connectivity index (χ4n) is 12.0. The Morgan fingerprint density at radius 3 is 2.19 bits per heavy atom. The summed E-state index contributed by atoms with van der Waals surface area (Å²) >= 11 is 0. The van der Waals surface area contributed by atoms with Gasteiger partial charge in [0.1, 0.15) is 6.61 Å². The van der Waals surface area contributed by atoms with Crippen LogP contribution in [-0.2, 0) is 28.7 Å². The molecule has 0 amide bonds. The molecule has 10 atom stereocenters. The van der Waals surface area contributed by atoms with E-state index in [1.54, 1.807) is 7.11 Å². The van der Waals surface area contributed by atoms with Crippen molar-refractivity contribution in [2.24, 2.45) is 61.8 Å². The number of hydrogen-bond donors (Lipinski definition) is 0. The Bertz CT molecular complexity index is 1190. The third-order valence-electron chi connectivity index (χ3n) is 14.1. The highest BCUT2D eigenvalue weighted by atomic mass is 16.7. The lowest BCUT2D eigenvalue weighted by Crippen LogP contribution is -2.67. The average molecular weight is 584 g/mol. The third kappa shape index (κ3) is 4.25. The van der Waals surface area contributed by atoms with Gasteiger partial charge in [0.05, 0.1) is 18.2 Å². The zero-order chi connectivity index (χ0) is 30.9. The Hall–Kier alpha value is -2.18. The SMILES string of the molecule is C=C(C)[C@@H]1CC[C@]2(C(=O)OC)CC[C@]3(C)C(CC[C@@H]4[C@@]5(C)CC/C(=N\OC(C)=O)[C@@](C)(COC(C)=O)[C@@H]5CC[C@]43C)[C@@H]12. The fourth-order valence-corrected chi connectivity index (χ4v) is 12.0. The lowest BCUT2D eigenvalue weighted by atomic mass is 9.32. The molecule has 5 aliphatic rings. The van der Waals surface area contributed by atoms with Crippen LogP contribution in [0.2, 0.25) is 0 Å². The summed E-state index contributed by atoms with van der Waals surface area (Å²) in [7, 11) is 1.56. The molecule has 7 heteroatoms. The molecule has 0 aromatic heterocycles. The summed E-state index contributed by atoms with van der Waals surface area (Å²) in [5.74, 6) is 1.10. The number of allylic oxidation sites excluding steroid dienone is 1. The van der Waals surface area contributed by atoms with E-state index >= 15 is 0 Å². The predicted octanol–water partition coefficient (Wildman–Crippen LogP) is 7.28. The summed E-state index contributed by atoms with van der Waals surface area (Å²) in [4.78, 5) is 42.4. The maximum absolute atomic E-state index is 13.5. The maximum Gasteiger partial charge on any atom is 0.331 e. The van der Waals surface area contributed by atoms with Crippen LogP contribution in [-0.4, -0.2) is 37.3 Å². The van der Waals surface area contributed by atoms with Crippen LogP contribution < -0.4 is 0 Å². The van der Waals surface area contributed by atoms with Gasteiger partial charge in [-0.15, -0.1) is 0 Å². The minimum Gasteiger partial charge on any atom is -0.469 e. The number of rotatable bonds is 5. The molecule has 0 aromatic rings. The highest BCUT2D eigenvalue weighted by molar-refractivity contribution is 5.91. The van der Waals surface area contributed by atoms with Crippen LogP contribution in [0.4, 0.5) is 0 Å². The molecule has 0 aromatic carbocycles. The van der Waals surface area contributed by atoms with Crippen molar-refractivity contribution in [3.63, 3.8) is 0 Å². The Kier molecular flexibility index (Phi) is 7.79. The van der Waals surface area contributed by atoms with E-state index in [2.05, 4.69) is 46.4 Å². The van der Waals surface area contributed by atoms with Crippen LogP contribution in [0.25, 0.3) is 0 Å². The molecular formula is C35H53NO6. The predicted molar refractivity (Wildman–Crippen MR) is 161 cm³/mol. The number of carbonyl (C=O) groups excluding carboxylic acids is 3. The van der Waals surface area contributed by atoms with E-state index in [9.17, 15) is 14.4 Å². The minimum absolute atomic E-state index is 0.00522. The van der Waals surface area contributed by atoms with Crippen LogP contribution in [0.3, 0.4) is 0 Å². The molecular weight excluding hydrogens is 530 g/mol. The molecule has 234 valence electrons. The van der Waals surface area contributed by atoms with Crippen LogP contribution in [0.15, 0.2) is 17.3 Å². The van der Waals surface area contributed by atoms with E-state index in [-0.39, 0.29) is 52.0 Å². The highest BCUT2D eigenvalue weighted by Gasteiger charge is 2.72. The van der Waals surface area contributed by atoms with Crippen molar-refractivity contribution in [1.29, 1.82) is 0 Å². The molecule has 0 bridgehead atoms. The van der Waals surface area contributed by atoms with Crippen molar-refractivity contribution in [3.05, 3.63) is 12.2 Å². The molecule has 42 heavy (non-hydrogen) atoms. The molecule has 0 saturated heterocycles. The second kappa shape index (κ2) is 10.5. The molecule has 5 saturated carbocycles. The molecule has 0 N–H and O–H groups in total. The van der Waals surface area contributed by atoms with Crippen molar-refractivity contribution in [2.45, 2.75) is 113 Å². The van der Waals surface area contributed by atoms with Crippen LogP contribution in [0.1, 0.15) is 113 Å². The largest absolute Gasteiger partial charge is 0.469 e. The van der Waals surface area contributed by atoms with Crippen molar-refractivity contribution in [2.75, 3.05) is 13.7 Å². The number of fused-ring (bicyclic) bond motifs is 7. The molecule has 5 fully saturated rings. The fraction of sp³-hybridized carbons (Fsp3) is 0.829. The highest BCUT2D eigenvalue weighted by Crippen LogP contribution is 2.77. The van der Waals surface area contributed by atoms with Crippen LogP contribution in [0, 0.1) is 56.7 Å². The molecule has 7 nitrogen and oxygen atoms in total. The second-order valence-corrected chi connectivity index (χ2v) is 15.7. The first-order valence-electron chi connectivity index (χ1n) is 16.2. The van der Waals surface area contributed by atoms with Crippen molar-refractivity contribution in [1.82, 2.24) is 0 Å². The van der Waals surface area contributed by atoms with Crippen molar-refractivity contribution < 1.29 is 28.7 Å². The maximum atomic E-state index is 13.5. The van der Waals surface area contributed by atoms with Gasteiger partial charge >= 0.3 is 17.9 Å². The van der Waals surface area contributed by atoms with Gasteiger partial charge in [0.25, 0.3) is 0 Å². The number of nitrogens with zero attached hydrogens (tertiary/aromatic N) is 1. The van der Waals surface area contributed by atoms with Gasteiger partial charge < -0.3 is 14.3 Å². The summed E-state index contributed by atoms with van der Waals surface area (Å²) < 4.78 is 11.2. The molecule has 0 spiro atoms. The molecule has 0 radical (unpaired) electrons. The van der Waals surface area contributed by atoms with Crippen molar-refractivity contribution >= 4 is 23.6 Å². The topological polar surface area (TPSA) is 91.3 Å². The Labute approximate surface area is 252 Å². The Morgan fingerprint density at radius 2 is 1.57 bits per heavy atom. The smallest absolute Gasteiger partial charge is 0.331 e. The molecule has 1 unspecified atom stereocenters. The van der Waals surface area contributed by atoms with Crippen molar-refractivity contribution in [3.8, 4) is 0 Å². The van der Waals surface area contributed by atoms with Gasteiger partial charge in [0.2, 0.25) is 0 Å². The van der Waals surface area contributed by atoms with Gasteiger partial charge in [-0.1, -0.05) is 45.0 Å². The van der Waals surface area contributed by atoms with Gasteiger partial charge in [-0.3, -0.25) is 9.59 Å². The Morgan fingerprint density at radius 1 is 0.857 bits per heavy atom. The monoisotopic (exact) mass is 583 g/mol. The summed E-state index contributed by atoms with van der Waals surface area (Å²) in [5.41, 5.74) is 1.39. The molecule has 0 aliphatic heterocycles. The number of esters is 2. The Balaban J connectivity index is 1.53. The van der Waals surface area contributed by atoms with Gasteiger partial charge in [-0.25, -0.2) is 4.79 Å². The van der Waals surface area contributed by atoms with E-state index in [1.807, 2.05) is 0 Å². The normalized spacial score (nSPS) is 46.9. The standard InChI is InChI=1S/C35H53NO6/c1-21(2)24-12-17-35(30(39)40-9)19-18-33(7)25(29(24)35)10-11-27-31(5)15-14-28(36-42-23(4)38)32(6,20-41-22(3)37)26(31)13-16-34(27,33)8/h24-27,29H,1,10-20H2,2-9H3/b36-28+/t24-,25?,26+,27+,29+,31-,32-,33+,34+,35-/m0/s1. The lowest BCUT2D eigenvalue weighted by Gasteiger charge is -2.72. The number of carbonyl (C=O) groups is 3. The van der Waals surface area contributed by atoms with Gasteiger partial charge in [-0.2, -0.15) is 0 Å². The molecule has 5 aliphatic carbocycles. The van der Waals surface area contributed by atoms with E-state index in [0.29, 0.717) is 17.8 Å². The molecule has 5 rings (SSSR count). The number of ether oxygens (including phenoxy) is 2. The van der Waals surface area contributed by atoms with E-state index < -0.39 is 11.4 Å². The van der Waals surface area contributed by atoms with Gasteiger partial charge in [0.15, 0.2) is 0 Å². The summed E-state index contributed by atoms with van der Waals surface area (Å²) in [6.45, 7) is 19.4. The summed E-state index contributed by atoms with van der Waals surface area (Å²) in [5, 5.41) is 4.35. The quantitative estimate of drug-likeness (QED) is 0.146. The van der Waals surface area contributed by atoms with E-state index in [0.717, 1.165) is 69.9 Å². The average Bonchev–Trinajstić information content (AvgIpc) is 3.32. The second-order valence-electron chi connectivity index (χ2n) is 15.7. The summed E-state index contributed by atoms with van der Waals surface area (Å²) in [6.07, 6.45) is 9.89. The van der Waals surface area contributed by atoms with E-state index in [4.69, 9.17) is 14.3 Å². The molecule has 0 heterocycles. The van der Waals surface area contributed by atoms with Gasteiger partial charge in [0, 0.05) is 19.3 Å². The third-order valence-corrected chi connectivity index (χ3v) is 14.1. The zero-order valence-corrected chi connectivity index (χ0v) is 27.3. The first-order valence-corrected chi connectivity index (χ1v) is 16.2. The zero-order valence-electron chi connectivity index (χ0n) is 27.3. The first-order chi connectivity index (χ1) is 19.6. The van der Waals surface area contributed by atoms with Gasteiger partial charge in [-0.05, 0) is 117 Å². The number of hydrogen-bond acceptors (Lipinski definition) is 7. The number of methoxy groups -OCH3 is 1. The lowest BCUT2D eigenvalue weighted by molar-refractivity contribution is -0.233. The van der Waals surface area contributed by atoms with Crippen LogP contribution in [0.5, 0.6) is 0 Å². The van der Waals surface area contributed by atoms with E-state index in [1.165, 1.54) is 19.4 Å².